The first-order valence-electron chi connectivity index (χ1n) is 1.67. The first-order chi connectivity index (χ1) is 3.00. The number of hydrogen-bond acceptors (Lipinski definition) is 2. The summed E-state index contributed by atoms with van der Waals surface area (Å²) in [5.41, 5.74) is 0. The van der Waals surface area contributed by atoms with Crippen molar-refractivity contribution in [3.8, 4) is 0 Å². The van der Waals surface area contributed by atoms with Gasteiger partial charge in [0.25, 0.3) is 0 Å². The Balaban J connectivity index is 2.26. The van der Waals surface area contributed by atoms with Crippen LogP contribution in [0.5, 0.6) is 0 Å². The van der Waals surface area contributed by atoms with Crippen LogP contribution in [0.15, 0.2) is 12.3 Å². The maximum absolute atomic E-state index is 4.79. The molecule has 0 aromatic carbocycles. The number of hydrogen-bond donors (Lipinski definition) is 0. The molecule has 0 aliphatic carbocycles. The fourth-order valence-electron chi connectivity index (χ4n) is 0.231. The molecular formula is C3H5O2P. The van der Waals surface area contributed by atoms with E-state index in [4.69, 9.17) is 9.05 Å². The van der Waals surface area contributed by atoms with Crippen molar-refractivity contribution >= 4 is 9.03 Å². The van der Waals surface area contributed by atoms with E-state index in [0.717, 1.165) is 0 Å². The zero-order chi connectivity index (χ0) is 4.24. The van der Waals surface area contributed by atoms with Gasteiger partial charge in [-0.1, -0.05) is 0 Å². The molecule has 6 heavy (non-hydrogen) atoms. The zero-order valence-corrected chi connectivity index (χ0v) is 4.18. The lowest BCUT2D eigenvalue weighted by Crippen LogP contribution is -1.82. The Morgan fingerprint density at radius 3 is 2.83 bits per heavy atom. The van der Waals surface area contributed by atoms with Crippen molar-refractivity contribution in [3.05, 3.63) is 12.3 Å². The van der Waals surface area contributed by atoms with Crippen LogP contribution in [0.25, 0.3) is 0 Å². The lowest BCUT2D eigenvalue weighted by atomic mass is 10.7. The zero-order valence-electron chi connectivity index (χ0n) is 3.18. The summed E-state index contributed by atoms with van der Waals surface area (Å²) in [5, 5.41) is 0. The lowest BCUT2D eigenvalue weighted by Gasteiger charge is -2.02. The third-order valence-electron chi connectivity index (χ3n) is 0.451. The second-order valence-electron chi connectivity index (χ2n) is 0.884. The molecule has 0 amide bonds. The summed E-state index contributed by atoms with van der Waals surface area (Å²) >= 11 is 0. The Morgan fingerprint density at radius 2 is 2.67 bits per heavy atom. The van der Waals surface area contributed by atoms with Gasteiger partial charge < -0.3 is 9.05 Å². The van der Waals surface area contributed by atoms with Gasteiger partial charge in [0.05, 0.1) is 12.9 Å². The van der Waals surface area contributed by atoms with Crippen molar-refractivity contribution < 1.29 is 9.05 Å². The summed E-state index contributed by atoms with van der Waals surface area (Å²) in [6.07, 6.45) is 3.48. The van der Waals surface area contributed by atoms with E-state index in [1.54, 1.807) is 6.26 Å². The fraction of sp³-hybridized carbons (Fsp3) is 0.333. The minimum atomic E-state index is 0.215. The van der Waals surface area contributed by atoms with Gasteiger partial charge in [-0.2, -0.15) is 0 Å². The van der Waals surface area contributed by atoms with E-state index in [2.05, 4.69) is 0 Å². The van der Waals surface area contributed by atoms with Gasteiger partial charge in [-0.05, 0) is 6.08 Å². The molecule has 3 heteroatoms. The topological polar surface area (TPSA) is 18.5 Å². The number of rotatable bonds is 0. The maximum atomic E-state index is 4.79. The van der Waals surface area contributed by atoms with Crippen LogP contribution in [0, 0.1) is 0 Å². The van der Waals surface area contributed by atoms with E-state index >= 15 is 0 Å². The van der Waals surface area contributed by atoms with E-state index in [1.165, 1.54) is 0 Å². The van der Waals surface area contributed by atoms with Crippen LogP contribution in [0.2, 0.25) is 0 Å². The highest BCUT2D eigenvalue weighted by Crippen LogP contribution is 2.16. The normalized spacial score (nSPS) is 24.0. The van der Waals surface area contributed by atoms with E-state index < -0.39 is 0 Å². The summed E-state index contributed by atoms with van der Waals surface area (Å²) in [4.78, 5) is 0. The third-order valence-corrected chi connectivity index (χ3v) is 0.968. The molecule has 1 rings (SSSR count). The molecule has 0 saturated carbocycles. The van der Waals surface area contributed by atoms with Crippen LogP contribution in [-0.4, -0.2) is 6.61 Å². The first-order valence-corrected chi connectivity index (χ1v) is 2.49. The Labute approximate surface area is 38.1 Å². The van der Waals surface area contributed by atoms with Crippen molar-refractivity contribution in [3.63, 3.8) is 0 Å². The minimum Gasteiger partial charge on any atom is -0.458 e. The molecule has 34 valence electrons. The molecule has 0 aromatic rings. The molecule has 1 heterocycles. The molecule has 0 bridgehead atoms. The monoisotopic (exact) mass is 104 g/mol. The predicted molar refractivity (Wildman–Crippen MR) is 24.5 cm³/mol. The SMILES string of the molecule is C1=COPOC1. The van der Waals surface area contributed by atoms with Crippen LogP contribution < -0.4 is 0 Å². The molecule has 1 unspecified atom stereocenters. The van der Waals surface area contributed by atoms with Crippen molar-refractivity contribution in [1.29, 1.82) is 0 Å². The van der Waals surface area contributed by atoms with Crippen molar-refractivity contribution in [2.75, 3.05) is 6.61 Å². The second kappa shape index (κ2) is 2.17. The predicted octanol–water partition coefficient (Wildman–Crippen LogP) is 1.06. The van der Waals surface area contributed by atoms with Gasteiger partial charge in [0.1, 0.15) is 0 Å². The van der Waals surface area contributed by atoms with E-state index in [9.17, 15) is 0 Å². The van der Waals surface area contributed by atoms with Gasteiger partial charge in [-0.25, -0.2) is 0 Å². The van der Waals surface area contributed by atoms with Gasteiger partial charge in [0.2, 0.25) is 9.03 Å². The van der Waals surface area contributed by atoms with Gasteiger partial charge in [0.15, 0.2) is 0 Å². The quantitative estimate of drug-likeness (QED) is 0.428. The molecule has 0 radical (unpaired) electrons. The molecule has 0 saturated heterocycles. The minimum absolute atomic E-state index is 0.215. The fourth-order valence-corrected chi connectivity index (χ4v) is 0.615. The molecule has 0 N–H and O–H groups in total. The van der Waals surface area contributed by atoms with Crippen LogP contribution >= 0.6 is 9.03 Å². The molecule has 1 atom stereocenters. The molecule has 0 fully saturated rings. The second-order valence-corrected chi connectivity index (χ2v) is 1.58. The average Bonchev–Trinajstić information content (AvgIpc) is 1.72. The lowest BCUT2D eigenvalue weighted by molar-refractivity contribution is 0.329. The standard InChI is InChI=1S/C3H5O2P/c1-2-4-6-5-3-1/h1-2,6H,3H2. The van der Waals surface area contributed by atoms with Crippen LogP contribution in [0.4, 0.5) is 0 Å². The molecule has 1 aliphatic rings. The largest absolute Gasteiger partial charge is 0.458 e. The average molecular weight is 104 g/mol. The Hall–Kier alpha value is -0.0700. The first kappa shape index (κ1) is 4.10. The molecule has 0 aromatic heterocycles. The summed E-state index contributed by atoms with van der Waals surface area (Å²) in [5.74, 6) is 0. The van der Waals surface area contributed by atoms with Crippen LogP contribution in [0.1, 0.15) is 0 Å². The molecular weight excluding hydrogens is 99.0 g/mol. The Bertz CT molecular complexity index is 53.8. The van der Waals surface area contributed by atoms with Crippen molar-refractivity contribution in [2.24, 2.45) is 0 Å². The highest BCUT2D eigenvalue weighted by molar-refractivity contribution is 7.26. The summed E-state index contributed by atoms with van der Waals surface area (Å²) in [6, 6.07) is 0. The van der Waals surface area contributed by atoms with Gasteiger partial charge in [-0.15, -0.1) is 0 Å². The van der Waals surface area contributed by atoms with Crippen molar-refractivity contribution in [2.45, 2.75) is 0 Å². The van der Waals surface area contributed by atoms with Crippen LogP contribution in [0.3, 0.4) is 0 Å². The summed E-state index contributed by atoms with van der Waals surface area (Å²) < 4.78 is 9.48. The summed E-state index contributed by atoms with van der Waals surface area (Å²) in [6.45, 7) is 0.707. The van der Waals surface area contributed by atoms with Crippen molar-refractivity contribution in [1.82, 2.24) is 0 Å². The highest BCUT2D eigenvalue weighted by Gasteiger charge is 1.86. The Morgan fingerprint density at radius 1 is 1.67 bits per heavy atom. The third kappa shape index (κ3) is 0.959. The van der Waals surface area contributed by atoms with E-state index in [1.807, 2.05) is 6.08 Å². The molecule has 1 aliphatic heterocycles. The van der Waals surface area contributed by atoms with Gasteiger partial charge in [-0.3, -0.25) is 0 Å². The van der Waals surface area contributed by atoms with Gasteiger partial charge >= 0.3 is 0 Å². The molecule has 0 spiro atoms. The molecule has 2 nitrogen and oxygen atoms in total. The highest BCUT2D eigenvalue weighted by atomic mass is 31.1. The van der Waals surface area contributed by atoms with E-state index in [0.29, 0.717) is 6.61 Å². The Kier molecular flexibility index (Phi) is 1.48. The maximum Gasteiger partial charge on any atom is 0.214 e. The van der Waals surface area contributed by atoms with Crippen LogP contribution in [-0.2, 0) is 9.05 Å². The van der Waals surface area contributed by atoms with E-state index in [-0.39, 0.29) is 9.03 Å². The summed E-state index contributed by atoms with van der Waals surface area (Å²) in [7, 11) is 0.215. The van der Waals surface area contributed by atoms with Gasteiger partial charge in [0, 0.05) is 0 Å². The smallest absolute Gasteiger partial charge is 0.214 e.